The number of carbonyl (C=O) groups is 1. The number of hydrogen-bond acceptors (Lipinski definition) is 4. The second kappa shape index (κ2) is 9.22. The second-order valence-corrected chi connectivity index (χ2v) is 9.10. The van der Waals surface area contributed by atoms with Crippen molar-refractivity contribution in [3.05, 3.63) is 0 Å². The average molecular weight is 354 g/mol. The highest BCUT2D eigenvalue weighted by Crippen LogP contribution is 2.24. The Kier molecular flexibility index (Phi) is 7.56. The van der Waals surface area contributed by atoms with E-state index in [-0.39, 0.29) is 6.09 Å². The molecule has 0 spiro atoms. The van der Waals surface area contributed by atoms with Gasteiger partial charge in [0.15, 0.2) is 0 Å². The molecule has 0 aliphatic carbocycles. The minimum absolute atomic E-state index is 0.145. The van der Waals surface area contributed by atoms with Crippen molar-refractivity contribution in [3.8, 4) is 0 Å². The summed E-state index contributed by atoms with van der Waals surface area (Å²) in [6.45, 7) is 12.5. The van der Waals surface area contributed by atoms with E-state index >= 15 is 0 Å². The van der Waals surface area contributed by atoms with Gasteiger partial charge in [0.25, 0.3) is 0 Å². The van der Waals surface area contributed by atoms with Gasteiger partial charge < -0.3 is 19.9 Å². The van der Waals surface area contributed by atoms with Gasteiger partial charge in [-0.25, -0.2) is 4.79 Å². The van der Waals surface area contributed by atoms with Crippen LogP contribution in [0.15, 0.2) is 0 Å². The maximum atomic E-state index is 12.4. The van der Waals surface area contributed by atoms with Crippen LogP contribution in [0.25, 0.3) is 0 Å². The van der Waals surface area contributed by atoms with Crippen LogP contribution in [0.4, 0.5) is 4.79 Å². The van der Waals surface area contributed by atoms with Crippen molar-refractivity contribution in [2.75, 3.05) is 33.2 Å². The number of nitrogens with zero attached hydrogens (tertiary/aromatic N) is 2. The van der Waals surface area contributed by atoms with Crippen LogP contribution in [0.3, 0.4) is 0 Å². The zero-order valence-electron chi connectivity index (χ0n) is 17.0. The zero-order chi connectivity index (χ0) is 18.4. The Balaban J connectivity index is 1.68. The highest BCUT2D eigenvalue weighted by atomic mass is 16.6. The minimum atomic E-state index is -0.415. The van der Waals surface area contributed by atoms with Gasteiger partial charge in [-0.1, -0.05) is 0 Å². The summed E-state index contributed by atoms with van der Waals surface area (Å²) in [6, 6.07) is 0.764. The predicted molar refractivity (Wildman–Crippen MR) is 103 cm³/mol. The van der Waals surface area contributed by atoms with Gasteiger partial charge in [-0.05, 0) is 98.8 Å². The number of likely N-dealkylation sites (tertiary alicyclic amines) is 2. The number of piperidine rings is 1. The molecule has 2 aliphatic heterocycles. The molecule has 2 unspecified atom stereocenters. The van der Waals surface area contributed by atoms with Crippen LogP contribution in [0.1, 0.15) is 66.2 Å². The molecule has 2 aliphatic rings. The van der Waals surface area contributed by atoms with Gasteiger partial charge in [-0.2, -0.15) is 0 Å². The average Bonchev–Trinajstić information content (AvgIpc) is 2.96. The molecule has 25 heavy (non-hydrogen) atoms. The predicted octanol–water partition coefficient (Wildman–Crippen LogP) is 3.49. The van der Waals surface area contributed by atoms with Gasteiger partial charge >= 0.3 is 6.09 Å². The Labute approximate surface area is 154 Å². The number of carbonyl (C=O) groups excluding carboxylic acids is 1. The van der Waals surface area contributed by atoms with Gasteiger partial charge in [0, 0.05) is 18.6 Å². The minimum Gasteiger partial charge on any atom is -0.444 e. The Hall–Kier alpha value is -0.810. The van der Waals surface area contributed by atoms with E-state index in [2.05, 4.69) is 24.2 Å². The molecule has 0 radical (unpaired) electrons. The highest BCUT2D eigenvalue weighted by molar-refractivity contribution is 5.68. The lowest BCUT2D eigenvalue weighted by Gasteiger charge is -2.31. The molecule has 0 aromatic heterocycles. The fraction of sp³-hybridized carbons (Fsp3) is 0.950. The number of ether oxygens (including phenoxy) is 1. The summed E-state index contributed by atoms with van der Waals surface area (Å²) in [5.41, 5.74) is -0.415. The monoisotopic (exact) mass is 353 g/mol. The molecule has 1 amide bonds. The first-order chi connectivity index (χ1) is 11.7. The second-order valence-electron chi connectivity index (χ2n) is 9.10. The summed E-state index contributed by atoms with van der Waals surface area (Å²) in [5.74, 6) is 0.876. The SMILES string of the molecule is CC(CC1CCCN1C(=O)OC(C)(C)C)NCCC1CCN(C)CC1. The molecule has 5 nitrogen and oxygen atoms in total. The van der Waals surface area contributed by atoms with Gasteiger partial charge in [-0.3, -0.25) is 0 Å². The van der Waals surface area contributed by atoms with Crippen LogP contribution in [-0.2, 0) is 4.74 Å². The lowest BCUT2D eigenvalue weighted by molar-refractivity contribution is 0.0214. The topological polar surface area (TPSA) is 44.8 Å². The van der Waals surface area contributed by atoms with E-state index in [1.165, 1.54) is 32.4 Å². The standard InChI is InChI=1S/C20H39N3O2/c1-16(21-11-8-17-9-13-22(5)14-10-17)15-18-7-6-12-23(18)19(24)25-20(2,3)4/h16-18,21H,6-15H2,1-5H3. The molecule has 0 aromatic carbocycles. The van der Waals surface area contributed by atoms with E-state index in [1.54, 1.807) is 0 Å². The van der Waals surface area contributed by atoms with Gasteiger partial charge in [0.1, 0.15) is 5.60 Å². The van der Waals surface area contributed by atoms with Crippen LogP contribution in [0, 0.1) is 5.92 Å². The third-order valence-corrected chi connectivity index (χ3v) is 5.51. The molecule has 0 aromatic rings. The lowest BCUT2D eigenvalue weighted by Crippen LogP contribution is -2.43. The Morgan fingerprint density at radius 3 is 2.52 bits per heavy atom. The molecule has 2 fully saturated rings. The maximum absolute atomic E-state index is 12.4. The number of hydrogen-bond donors (Lipinski definition) is 1. The van der Waals surface area contributed by atoms with Crippen molar-refractivity contribution in [1.82, 2.24) is 15.1 Å². The quantitative estimate of drug-likeness (QED) is 0.794. The molecular weight excluding hydrogens is 314 g/mol. The van der Waals surface area contributed by atoms with Crippen LogP contribution < -0.4 is 5.32 Å². The fourth-order valence-corrected chi connectivity index (χ4v) is 4.02. The Morgan fingerprint density at radius 1 is 1.20 bits per heavy atom. The van der Waals surface area contributed by atoms with Crippen LogP contribution in [0.5, 0.6) is 0 Å². The fourth-order valence-electron chi connectivity index (χ4n) is 4.02. The Bertz CT molecular complexity index is 414. The summed E-state index contributed by atoms with van der Waals surface area (Å²) in [7, 11) is 2.22. The molecule has 1 N–H and O–H groups in total. The molecule has 0 saturated carbocycles. The summed E-state index contributed by atoms with van der Waals surface area (Å²) in [4.78, 5) is 16.8. The summed E-state index contributed by atoms with van der Waals surface area (Å²) < 4.78 is 5.57. The van der Waals surface area contributed by atoms with Crippen LogP contribution >= 0.6 is 0 Å². The molecule has 0 bridgehead atoms. The summed E-state index contributed by atoms with van der Waals surface area (Å²) in [6.07, 6.45) is 7.01. The van der Waals surface area contributed by atoms with E-state index in [0.29, 0.717) is 12.1 Å². The van der Waals surface area contributed by atoms with Crippen LogP contribution in [-0.4, -0.2) is 66.8 Å². The van der Waals surface area contributed by atoms with Crippen molar-refractivity contribution in [2.45, 2.75) is 83.9 Å². The van der Waals surface area contributed by atoms with E-state index in [4.69, 9.17) is 4.74 Å². The van der Waals surface area contributed by atoms with Crippen molar-refractivity contribution in [3.63, 3.8) is 0 Å². The first-order valence-corrected chi connectivity index (χ1v) is 10.2. The molecular formula is C20H39N3O2. The van der Waals surface area contributed by atoms with E-state index in [9.17, 15) is 4.79 Å². The largest absolute Gasteiger partial charge is 0.444 e. The van der Waals surface area contributed by atoms with Crippen molar-refractivity contribution in [2.24, 2.45) is 5.92 Å². The third-order valence-electron chi connectivity index (χ3n) is 5.51. The molecule has 2 rings (SSSR count). The number of amides is 1. The number of nitrogens with one attached hydrogen (secondary N) is 1. The molecule has 5 heteroatoms. The Morgan fingerprint density at radius 2 is 1.88 bits per heavy atom. The van der Waals surface area contributed by atoms with E-state index < -0.39 is 5.60 Å². The molecule has 2 atom stereocenters. The first-order valence-electron chi connectivity index (χ1n) is 10.2. The molecule has 2 heterocycles. The zero-order valence-corrected chi connectivity index (χ0v) is 17.0. The van der Waals surface area contributed by atoms with Gasteiger partial charge in [-0.15, -0.1) is 0 Å². The van der Waals surface area contributed by atoms with Gasteiger partial charge in [0.2, 0.25) is 0 Å². The number of rotatable bonds is 6. The summed E-state index contributed by atoms with van der Waals surface area (Å²) in [5, 5.41) is 3.68. The summed E-state index contributed by atoms with van der Waals surface area (Å²) >= 11 is 0. The first kappa shape index (κ1) is 20.5. The lowest BCUT2D eigenvalue weighted by atomic mass is 9.93. The molecule has 2 saturated heterocycles. The maximum Gasteiger partial charge on any atom is 0.410 e. The molecule has 146 valence electrons. The van der Waals surface area contributed by atoms with E-state index in [1.807, 2.05) is 25.7 Å². The smallest absolute Gasteiger partial charge is 0.410 e. The highest BCUT2D eigenvalue weighted by Gasteiger charge is 2.32. The third kappa shape index (κ3) is 7.14. The van der Waals surface area contributed by atoms with E-state index in [0.717, 1.165) is 38.3 Å². The normalized spacial score (nSPS) is 24.5. The van der Waals surface area contributed by atoms with Crippen molar-refractivity contribution < 1.29 is 9.53 Å². The van der Waals surface area contributed by atoms with Crippen molar-refractivity contribution in [1.29, 1.82) is 0 Å². The van der Waals surface area contributed by atoms with Crippen LogP contribution in [0.2, 0.25) is 0 Å². The van der Waals surface area contributed by atoms with Gasteiger partial charge in [0.05, 0.1) is 0 Å². The van der Waals surface area contributed by atoms with Crippen molar-refractivity contribution >= 4 is 6.09 Å².